The number of hydrogen-bond donors (Lipinski definition) is 1. The zero-order chi connectivity index (χ0) is 18.9. The predicted octanol–water partition coefficient (Wildman–Crippen LogP) is 0.883. The van der Waals surface area contributed by atoms with Crippen molar-refractivity contribution in [3.63, 3.8) is 0 Å². The third-order valence-electron chi connectivity index (χ3n) is 4.07. The van der Waals surface area contributed by atoms with Crippen molar-refractivity contribution >= 4 is 29.9 Å². The maximum Gasteiger partial charge on any atom is 0.340 e. The summed E-state index contributed by atoms with van der Waals surface area (Å²) in [6.45, 7) is 3.67. The molecule has 140 valence electrons. The zero-order valence-electron chi connectivity index (χ0n) is 14.8. The van der Waals surface area contributed by atoms with Gasteiger partial charge in [0.15, 0.2) is 0 Å². The van der Waals surface area contributed by atoms with Gasteiger partial charge in [0, 0.05) is 26.2 Å². The SMILES string of the molecule is CCCCOC(=O)c1ccccc1NC(=O)C(=O)N1CCN(C=O)CC1. The van der Waals surface area contributed by atoms with Gasteiger partial charge in [0.05, 0.1) is 17.9 Å². The van der Waals surface area contributed by atoms with E-state index in [1.165, 1.54) is 11.0 Å². The van der Waals surface area contributed by atoms with Gasteiger partial charge in [0.25, 0.3) is 0 Å². The summed E-state index contributed by atoms with van der Waals surface area (Å²) in [6.07, 6.45) is 2.38. The molecule has 0 radical (unpaired) electrons. The van der Waals surface area contributed by atoms with E-state index in [0.29, 0.717) is 32.8 Å². The molecule has 0 atom stereocenters. The second-order valence-electron chi connectivity index (χ2n) is 5.92. The third kappa shape index (κ3) is 5.05. The van der Waals surface area contributed by atoms with Crippen LogP contribution in [0.5, 0.6) is 0 Å². The van der Waals surface area contributed by atoms with Crippen molar-refractivity contribution in [3.8, 4) is 0 Å². The predicted molar refractivity (Wildman–Crippen MR) is 94.5 cm³/mol. The molecule has 0 aliphatic carbocycles. The van der Waals surface area contributed by atoms with E-state index in [1.807, 2.05) is 6.92 Å². The second kappa shape index (κ2) is 9.55. The molecular formula is C18H23N3O5. The minimum atomic E-state index is -0.821. The van der Waals surface area contributed by atoms with Gasteiger partial charge in [0.2, 0.25) is 6.41 Å². The first-order chi connectivity index (χ1) is 12.6. The molecule has 1 aliphatic rings. The molecule has 1 fully saturated rings. The summed E-state index contributed by atoms with van der Waals surface area (Å²) in [4.78, 5) is 50.3. The molecule has 3 amide bonds. The lowest BCUT2D eigenvalue weighted by molar-refractivity contribution is -0.144. The highest BCUT2D eigenvalue weighted by Crippen LogP contribution is 2.17. The summed E-state index contributed by atoms with van der Waals surface area (Å²) < 4.78 is 5.17. The van der Waals surface area contributed by atoms with Crippen LogP contribution in [0.1, 0.15) is 30.1 Å². The van der Waals surface area contributed by atoms with Crippen molar-refractivity contribution in [2.45, 2.75) is 19.8 Å². The normalized spacial score (nSPS) is 13.9. The number of rotatable bonds is 6. The van der Waals surface area contributed by atoms with Crippen molar-refractivity contribution in [1.29, 1.82) is 0 Å². The Balaban J connectivity index is 1.99. The highest BCUT2D eigenvalue weighted by molar-refractivity contribution is 6.39. The largest absolute Gasteiger partial charge is 0.462 e. The Morgan fingerprint density at radius 1 is 1.15 bits per heavy atom. The molecule has 2 rings (SSSR count). The molecule has 0 aromatic heterocycles. The Kier molecular flexibility index (Phi) is 7.13. The van der Waals surface area contributed by atoms with E-state index in [1.54, 1.807) is 23.1 Å². The molecule has 0 unspecified atom stereocenters. The Bertz CT molecular complexity index is 669. The second-order valence-corrected chi connectivity index (χ2v) is 5.92. The van der Waals surface area contributed by atoms with Gasteiger partial charge in [-0.2, -0.15) is 0 Å². The highest BCUT2D eigenvalue weighted by atomic mass is 16.5. The number of ether oxygens (including phenoxy) is 1. The van der Waals surface area contributed by atoms with Crippen LogP contribution in [0.2, 0.25) is 0 Å². The number of nitrogens with zero attached hydrogens (tertiary/aromatic N) is 2. The molecule has 1 heterocycles. The van der Waals surface area contributed by atoms with Gasteiger partial charge < -0.3 is 19.9 Å². The zero-order valence-corrected chi connectivity index (χ0v) is 14.8. The molecule has 1 saturated heterocycles. The first-order valence-corrected chi connectivity index (χ1v) is 8.62. The molecule has 0 saturated carbocycles. The molecule has 1 aromatic carbocycles. The lowest BCUT2D eigenvalue weighted by Gasteiger charge is -2.32. The molecule has 26 heavy (non-hydrogen) atoms. The van der Waals surface area contributed by atoms with Crippen molar-refractivity contribution in [3.05, 3.63) is 29.8 Å². The molecule has 1 aliphatic heterocycles. The average molecular weight is 361 g/mol. The Hall–Kier alpha value is -2.90. The van der Waals surface area contributed by atoms with E-state index in [2.05, 4.69) is 5.32 Å². The first kappa shape index (κ1) is 19.4. The van der Waals surface area contributed by atoms with Gasteiger partial charge in [-0.05, 0) is 18.6 Å². The number of esters is 1. The molecule has 0 bridgehead atoms. The third-order valence-corrected chi connectivity index (χ3v) is 4.07. The van der Waals surface area contributed by atoms with Gasteiger partial charge in [-0.3, -0.25) is 14.4 Å². The molecule has 1 aromatic rings. The standard InChI is InChI=1S/C18H23N3O5/c1-2-3-12-26-18(25)14-6-4-5-7-15(14)19-16(23)17(24)21-10-8-20(13-22)9-11-21/h4-7,13H,2-3,8-12H2,1H3,(H,19,23). The lowest BCUT2D eigenvalue weighted by atomic mass is 10.1. The summed E-state index contributed by atoms with van der Waals surface area (Å²) in [6, 6.07) is 6.40. The van der Waals surface area contributed by atoms with Crippen molar-refractivity contribution in [2.24, 2.45) is 0 Å². The lowest BCUT2D eigenvalue weighted by Crippen LogP contribution is -2.51. The van der Waals surface area contributed by atoms with Crippen LogP contribution in [0, 0.1) is 0 Å². The highest BCUT2D eigenvalue weighted by Gasteiger charge is 2.26. The summed E-state index contributed by atoms with van der Waals surface area (Å²) in [5.41, 5.74) is 0.439. The molecule has 1 N–H and O–H groups in total. The Labute approximate surface area is 152 Å². The fourth-order valence-electron chi connectivity index (χ4n) is 2.51. The Morgan fingerprint density at radius 2 is 1.85 bits per heavy atom. The number of carbonyl (C=O) groups excluding carboxylic acids is 4. The van der Waals surface area contributed by atoms with Gasteiger partial charge in [0.1, 0.15) is 0 Å². The van der Waals surface area contributed by atoms with Crippen molar-refractivity contribution < 1.29 is 23.9 Å². The number of para-hydroxylation sites is 1. The quantitative estimate of drug-likeness (QED) is 0.351. The average Bonchev–Trinajstić information content (AvgIpc) is 2.68. The molecule has 8 nitrogen and oxygen atoms in total. The number of hydrogen-bond acceptors (Lipinski definition) is 5. The summed E-state index contributed by atoms with van der Waals surface area (Å²) in [5, 5.41) is 2.49. The van der Waals surface area contributed by atoms with Crippen LogP contribution >= 0.6 is 0 Å². The number of amides is 3. The number of unbranched alkanes of at least 4 members (excludes halogenated alkanes) is 1. The number of benzene rings is 1. The van der Waals surface area contributed by atoms with Crippen molar-refractivity contribution in [1.82, 2.24) is 9.80 Å². The van der Waals surface area contributed by atoms with Gasteiger partial charge in [-0.15, -0.1) is 0 Å². The van der Waals surface area contributed by atoms with Gasteiger partial charge in [-0.1, -0.05) is 25.5 Å². The van der Waals surface area contributed by atoms with Crippen LogP contribution in [0.25, 0.3) is 0 Å². The van der Waals surface area contributed by atoms with E-state index in [-0.39, 0.29) is 11.3 Å². The van der Waals surface area contributed by atoms with E-state index < -0.39 is 17.8 Å². The maximum absolute atomic E-state index is 12.3. The molecule has 8 heteroatoms. The number of carbonyl (C=O) groups is 4. The summed E-state index contributed by atoms with van der Waals surface area (Å²) in [7, 11) is 0. The van der Waals surface area contributed by atoms with E-state index >= 15 is 0 Å². The van der Waals surface area contributed by atoms with Gasteiger partial charge in [-0.25, -0.2) is 4.79 Å². The fraction of sp³-hybridized carbons (Fsp3) is 0.444. The Morgan fingerprint density at radius 3 is 2.50 bits per heavy atom. The van der Waals surface area contributed by atoms with Gasteiger partial charge >= 0.3 is 17.8 Å². The maximum atomic E-state index is 12.3. The van der Waals surface area contributed by atoms with E-state index in [0.717, 1.165) is 19.3 Å². The smallest absolute Gasteiger partial charge is 0.340 e. The van der Waals surface area contributed by atoms with Crippen LogP contribution in [0.4, 0.5) is 5.69 Å². The summed E-state index contributed by atoms with van der Waals surface area (Å²) >= 11 is 0. The van der Waals surface area contributed by atoms with Crippen LogP contribution in [0.15, 0.2) is 24.3 Å². The number of piperazine rings is 1. The first-order valence-electron chi connectivity index (χ1n) is 8.62. The van der Waals surface area contributed by atoms with E-state index in [4.69, 9.17) is 4.74 Å². The van der Waals surface area contributed by atoms with Crippen LogP contribution < -0.4 is 5.32 Å². The molecular weight excluding hydrogens is 338 g/mol. The van der Waals surface area contributed by atoms with E-state index in [9.17, 15) is 19.2 Å². The monoisotopic (exact) mass is 361 g/mol. The van der Waals surface area contributed by atoms with Crippen molar-refractivity contribution in [2.75, 3.05) is 38.1 Å². The minimum Gasteiger partial charge on any atom is -0.462 e. The fourth-order valence-corrected chi connectivity index (χ4v) is 2.51. The summed E-state index contributed by atoms with van der Waals surface area (Å²) in [5.74, 6) is -2.05. The van der Waals surface area contributed by atoms with Crippen LogP contribution in [-0.2, 0) is 19.1 Å². The van der Waals surface area contributed by atoms with Crippen LogP contribution in [-0.4, -0.2) is 66.8 Å². The molecule has 0 spiro atoms. The number of anilines is 1. The minimum absolute atomic E-state index is 0.204. The van der Waals surface area contributed by atoms with Crippen LogP contribution in [0.3, 0.4) is 0 Å². The topological polar surface area (TPSA) is 96.0 Å². The number of nitrogens with one attached hydrogen (secondary N) is 1.